The molecule has 0 unspecified atom stereocenters. The van der Waals surface area contributed by atoms with Gasteiger partial charge in [-0.2, -0.15) is 18.3 Å². The molecule has 2 N–H and O–H groups in total. The summed E-state index contributed by atoms with van der Waals surface area (Å²) in [4.78, 5) is 20.5. The number of aliphatic hydroxyl groups is 1. The number of pyridine rings is 2. The highest BCUT2D eigenvalue weighted by Gasteiger charge is 2.27. The number of nitrogens with zero attached hydrogens (tertiary/aromatic N) is 4. The van der Waals surface area contributed by atoms with Crippen LogP contribution in [0.4, 0.5) is 13.2 Å². The fourth-order valence-corrected chi connectivity index (χ4v) is 2.97. The Morgan fingerprint density at radius 2 is 2.10 bits per heavy atom. The van der Waals surface area contributed by atoms with Gasteiger partial charge in [0.2, 0.25) is 0 Å². The zero-order valence-electron chi connectivity index (χ0n) is 15.7. The second-order valence-corrected chi connectivity index (χ2v) is 6.62. The van der Waals surface area contributed by atoms with Crippen molar-refractivity contribution in [3.05, 3.63) is 53.2 Å². The van der Waals surface area contributed by atoms with E-state index in [1.807, 2.05) is 0 Å². The minimum atomic E-state index is -4.21. The molecule has 3 heterocycles. The lowest BCUT2D eigenvalue weighted by Crippen LogP contribution is -2.27. The third-order valence-corrected chi connectivity index (χ3v) is 4.33. The Bertz CT molecular complexity index is 1020. The van der Waals surface area contributed by atoms with Gasteiger partial charge in [0.15, 0.2) is 0 Å². The Kier molecular flexibility index (Phi) is 6.12. The molecule has 0 saturated carbocycles. The number of hydrogen-bond donors (Lipinski definition) is 2. The van der Waals surface area contributed by atoms with Crippen LogP contribution in [0.5, 0.6) is 0 Å². The number of halogens is 3. The average molecular weight is 407 g/mol. The van der Waals surface area contributed by atoms with Crippen molar-refractivity contribution in [3.63, 3.8) is 0 Å². The van der Waals surface area contributed by atoms with Gasteiger partial charge in [-0.1, -0.05) is 6.07 Å². The van der Waals surface area contributed by atoms with Crippen LogP contribution in [0.15, 0.2) is 30.7 Å². The quantitative estimate of drug-likeness (QED) is 0.628. The summed E-state index contributed by atoms with van der Waals surface area (Å²) in [6.07, 6.45) is -0.564. The van der Waals surface area contributed by atoms with Crippen LogP contribution in [0.2, 0.25) is 0 Å². The van der Waals surface area contributed by atoms with Crippen LogP contribution < -0.4 is 5.32 Å². The van der Waals surface area contributed by atoms with Crippen molar-refractivity contribution < 1.29 is 23.1 Å². The maximum atomic E-state index is 12.4. The number of aromatic nitrogens is 4. The SMILES string of the molecule is Cc1cc(Cn2cc3c(C(=O)NCCO)nccc3n2)cnc1CCC(F)(F)F. The number of hydrogen-bond acceptors (Lipinski definition) is 5. The van der Waals surface area contributed by atoms with E-state index in [2.05, 4.69) is 20.4 Å². The summed E-state index contributed by atoms with van der Waals surface area (Å²) in [6, 6.07) is 3.47. The smallest absolute Gasteiger partial charge is 0.389 e. The predicted molar refractivity (Wildman–Crippen MR) is 99.4 cm³/mol. The third kappa shape index (κ3) is 5.29. The van der Waals surface area contributed by atoms with Gasteiger partial charge in [0, 0.05) is 37.3 Å². The first-order valence-electron chi connectivity index (χ1n) is 8.99. The highest BCUT2D eigenvalue weighted by Crippen LogP contribution is 2.23. The molecule has 0 saturated heterocycles. The second kappa shape index (κ2) is 8.56. The van der Waals surface area contributed by atoms with Crippen LogP contribution in [0.3, 0.4) is 0 Å². The van der Waals surface area contributed by atoms with Gasteiger partial charge in [0.1, 0.15) is 5.69 Å². The molecule has 0 spiro atoms. The van der Waals surface area contributed by atoms with E-state index in [1.54, 1.807) is 29.9 Å². The summed E-state index contributed by atoms with van der Waals surface area (Å²) >= 11 is 0. The monoisotopic (exact) mass is 407 g/mol. The van der Waals surface area contributed by atoms with Gasteiger partial charge in [-0.05, 0) is 30.5 Å². The summed E-state index contributed by atoms with van der Waals surface area (Å²) in [5, 5.41) is 16.4. The van der Waals surface area contributed by atoms with E-state index in [1.165, 1.54) is 12.4 Å². The number of fused-ring (bicyclic) bond motifs is 1. The first-order chi connectivity index (χ1) is 13.8. The molecule has 0 radical (unpaired) electrons. The summed E-state index contributed by atoms with van der Waals surface area (Å²) in [7, 11) is 0. The van der Waals surface area contributed by atoms with Crippen LogP contribution in [0.25, 0.3) is 10.9 Å². The standard InChI is InChI=1S/C19H20F3N5O2/c1-12-8-13(9-25-15(12)2-4-19(20,21)22)10-27-11-14-16(26-27)3-5-23-17(14)18(29)24-6-7-28/h3,5,8-9,11,28H,2,4,6-7,10H2,1H3,(H,24,29). The molecule has 0 aliphatic carbocycles. The molecule has 0 aliphatic rings. The minimum absolute atomic E-state index is 0.122. The topological polar surface area (TPSA) is 92.9 Å². The molecule has 0 atom stereocenters. The maximum absolute atomic E-state index is 12.4. The second-order valence-electron chi connectivity index (χ2n) is 6.62. The van der Waals surface area contributed by atoms with Gasteiger partial charge < -0.3 is 10.4 Å². The van der Waals surface area contributed by atoms with Crippen molar-refractivity contribution in [2.75, 3.05) is 13.2 Å². The summed E-state index contributed by atoms with van der Waals surface area (Å²) in [5.74, 6) is -0.407. The van der Waals surface area contributed by atoms with Crippen molar-refractivity contribution in [3.8, 4) is 0 Å². The van der Waals surface area contributed by atoms with E-state index in [4.69, 9.17) is 5.11 Å². The lowest BCUT2D eigenvalue weighted by molar-refractivity contribution is -0.134. The molecular formula is C19H20F3N5O2. The molecule has 0 aromatic carbocycles. The molecule has 154 valence electrons. The molecule has 10 heteroatoms. The number of aryl methyl sites for hydroxylation is 2. The Labute approximate surface area is 164 Å². The first-order valence-corrected chi connectivity index (χ1v) is 8.99. The van der Waals surface area contributed by atoms with Crippen molar-refractivity contribution in [1.82, 2.24) is 25.1 Å². The van der Waals surface area contributed by atoms with Gasteiger partial charge >= 0.3 is 6.18 Å². The first kappa shape index (κ1) is 20.7. The fourth-order valence-electron chi connectivity index (χ4n) is 2.97. The number of rotatable bonds is 7. The minimum Gasteiger partial charge on any atom is -0.395 e. The Hall–Kier alpha value is -3.01. The largest absolute Gasteiger partial charge is 0.395 e. The highest BCUT2D eigenvalue weighted by atomic mass is 19.4. The molecule has 0 aliphatic heterocycles. The van der Waals surface area contributed by atoms with Gasteiger partial charge in [-0.3, -0.25) is 19.4 Å². The number of carbonyl (C=O) groups is 1. The van der Waals surface area contributed by atoms with Gasteiger partial charge in [0.05, 0.1) is 24.1 Å². The Balaban J connectivity index is 1.78. The van der Waals surface area contributed by atoms with Crippen LogP contribution in [-0.4, -0.2) is 50.1 Å². The molecular weight excluding hydrogens is 387 g/mol. The van der Waals surface area contributed by atoms with Gasteiger partial charge in [0.25, 0.3) is 5.91 Å². The van der Waals surface area contributed by atoms with E-state index in [0.717, 1.165) is 5.56 Å². The number of amides is 1. The van der Waals surface area contributed by atoms with Crippen LogP contribution >= 0.6 is 0 Å². The normalized spacial score (nSPS) is 11.8. The van der Waals surface area contributed by atoms with E-state index in [0.29, 0.717) is 28.7 Å². The summed E-state index contributed by atoms with van der Waals surface area (Å²) in [5.41, 5.74) is 2.68. The number of alkyl halides is 3. The van der Waals surface area contributed by atoms with Gasteiger partial charge in [-0.15, -0.1) is 0 Å². The molecule has 7 nitrogen and oxygen atoms in total. The zero-order chi connectivity index (χ0) is 21.0. The highest BCUT2D eigenvalue weighted by molar-refractivity contribution is 6.04. The number of nitrogens with one attached hydrogen (secondary N) is 1. The lowest BCUT2D eigenvalue weighted by atomic mass is 10.1. The average Bonchev–Trinajstić information content (AvgIpc) is 3.07. The van der Waals surface area contributed by atoms with Crippen molar-refractivity contribution >= 4 is 16.8 Å². The van der Waals surface area contributed by atoms with E-state index in [9.17, 15) is 18.0 Å². The molecule has 3 aromatic rings. The van der Waals surface area contributed by atoms with Crippen molar-refractivity contribution in [1.29, 1.82) is 0 Å². The van der Waals surface area contributed by atoms with Crippen molar-refractivity contribution in [2.24, 2.45) is 0 Å². The number of aliphatic hydroxyl groups excluding tert-OH is 1. The predicted octanol–water partition coefficient (Wildman–Crippen LogP) is 2.40. The van der Waals surface area contributed by atoms with E-state index >= 15 is 0 Å². The Morgan fingerprint density at radius 3 is 2.79 bits per heavy atom. The van der Waals surface area contributed by atoms with E-state index < -0.39 is 18.5 Å². The van der Waals surface area contributed by atoms with Crippen molar-refractivity contribution in [2.45, 2.75) is 32.5 Å². The third-order valence-electron chi connectivity index (χ3n) is 4.33. The van der Waals surface area contributed by atoms with Crippen LogP contribution in [0.1, 0.15) is 33.7 Å². The van der Waals surface area contributed by atoms with Crippen LogP contribution in [0, 0.1) is 6.92 Å². The summed E-state index contributed by atoms with van der Waals surface area (Å²) < 4.78 is 38.9. The maximum Gasteiger partial charge on any atom is 0.389 e. The summed E-state index contributed by atoms with van der Waals surface area (Å²) in [6.45, 7) is 2.03. The number of carbonyl (C=O) groups excluding carboxylic acids is 1. The van der Waals surface area contributed by atoms with Crippen LogP contribution in [-0.2, 0) is 13.0 Å². The molecule has 29 heavy (non-hydrogen) atoms. The molecule has 1 amide bonds. The Morgan fingerprint density at radius 1 is 1.31 bits per heavy atom. The van der Waals surface area contributed by atoms with Gasteiger partial charge in [-0.25, -0.2) is 0 Å². The molecule has 3 aromatic heterocycles. The zero-order valence-corrected chi connectivity index (χ0v) is 15.7. The lowest BCUT2D eigenvalue weighted by Gasteiger charge is -2.09. The molecule has 3 rings (SSSR count). The molecule has 0 fully saturated rings. The fraction of sp³-hybridized carbons (Fsp3) is 0.368. The van der Waals surface area contributed by atoms with E-state index in [-0.39, 0.29) is 25.3 Å². The molecule has 0 bridgehead atoms.